The molecule has 6 heteroatoms. The van der Waals surface area contributed by atoms with Crippen molar-refractivity contribution in [3.05, 3.63) is 18.5 Å². The first-order valence-electron chi connectivity index (χ1n) is 7.61. The van der Waals surface area contributed by atoms with Crippen LogP contribution in [0.5, 0.6) is 0 Å². The van der Waals surface area contributed by atoms with Crippen molar-refractivity contribution in [1.82, 2.24) is 14.9 Å². The normalized spacial score (nSPS) is 28.8. The highest BCUT2D eigenvalue weighted by atomic mass is 16.5. The van der Waals surface area contributed by atoms with E-state index in [0.717, 1.165) is 38.8 Å². The van der Waals surface area contributed by atoms with E-state index in [1.54, 1.807) is 25.4 Å². The number of carbonyl (C=O) groups is 1. The number of rotatable bonds is 3. The van der Waals surface area contributed by atoms with Crippen LogP contribution in [0, 0.1) is 0 Å². The molecule has 1 aromatic heterocycles. The summed E-state index contributed by atoms with van der Waals surface area (Å²) >= 11 is 0. The highest BCUT2D eigenvalue weighted by Gasteiger charge is 2.43. The molecule has 0 radical (unpaired) electrons. The molecule has 2 atom stereocenters. The van der Waals surface area contributed by atoms with E-state index >= 15 is 0 Å². The molecule has 0 bridgehead atoms. The van der Waals surface area contributed by atoms with Gasteiger partial charge in [-0.15, -0.1) is 0 Å². The molecule has 3 rings (SSSR count). The zero-order valence-corrected chi connectivity index (χ0v) is 12.4. The third-order valence-electron chi connectivity index (χ3n) is 4.39. The zero-order valence-electron chi connectivity index (χ0n) is 12.4. The third kappa shape index (κ3) is 3.32. The number of hydrogen-bond donors (Lipinski definition) is 1. The molecule has 114 valence electrons. The first kappa shape index (κ1) is 14.3. The molecule has 0 aliphatic carbocycles. The Kier molecular flexibility index (Phi) is 4.05. The molecule has 21 heavy (non-hydrogen) atoms. The molecule has 2 aliphatic heterocycles. The lowest BCUT2D eigenvalue weighted by Gasteiger charge is -2.38. The lowest BCUT2D eigenvalue weighted by Crippen LogP contribution is -2.45. The molecule has 1 amide bonds. The molecule has 2 saturated heterocycles. The van der Waals surface area contributed by atoms with Crippen molar-refractivity contribution in [2.45, 2.75) is 44.3 Å². The summed E-state index contributed by atoms with van der Waals surface area (Å²) in [5.41, 5.74) is -0.131. The fourth-order valence-electron chi connectivity index (χ4n) is 3.28. The number of likely N-dealkylation sites (tertiary alicyclic amines) is 1. The van der Waals surface area contributed by atoms with E-state index in [1.807, 2.05) is 4.90 Å². The molecule has 1 aromatic rings. The molecule has 1 spiro atoms. The summed E-state index contributed by atoms with van der Waals surface area (Å²) in [7, 11) is 0. The van der Waals surface area contributed by atoms with Crippen LogP contribution in [0.2, 0.25) is 0 Å². The van der Waals surface area contributed by atoms with Crippen LogP contribution < -0.4 is 5.32 Å². The van der Waals surface area contributed by atoms with Crippen LogP contribution in [0.15, 0.2) is 18.5 Å². The molecule has 0 unspecified atom stereocenters. The number of nitrogens with zero attached hydrogens (tertiary/aromatic N) is 3. The van der Waals surface area contributed by atoms with Gasteiger partial charge in [0.05, 0.1) is 11.7 Å². The summed E-state index contributed by atoms with van der Waals surface area (Å²) < 4.78 is 6.33. The van der Waals surface area contributed by atoms with Crippen molar-refractivity contribution in [2.75, 3.05) is 25.0 Å². The number of aromatic nitrogens is 2. The Balaban J connectivity index is 1.55. The van der Waals surface area contributed by atoms with Crippen LogP contribution in [0.25, 0.3) is 0 Å². The Hall–Kier alpha value is -1.69. The van der Waals surface area contributed by atoms with E-state index < -0.39 is 0 Å². The van der Waals surface area contributed by atoms with Crippen molar-refractivity contribution < 1.29 is 9.53 Å². The number of ether oxygens (including phenoxy) is 1. The van der Waals surface area contributed by atoms with E-state index in [0.29, 0.717) is 12.5 Å². The number of anilines is 1. The van der Waals surface area contributed by atoms with Crippen molar-refractivity contribution >= 4 is 11.9 Å². The largest absolute Gasteiger partial charge is 0.368 e. The summed E-state index contributed by atoms with van der Waals surface area (Å²) in [5.74, 6) is 0.783. The first-order chi connectivity index (χ1) is 10.2. The topological polar surface area (TPSA) is 67.4 Å². The van der Waals surface area contributed by atoms with Gasteiger partial charge in [0.25, 0.3) is 0 Å². The van der Waals surface area contributed by atoms with Crippen LogP contribution in [-0.2, 0) is 9.53 Å². The summed E-state index contributed by atoms with van der Waals surface area (Å²) in [6, 6.07) is 1.80. The Morgan fingerprint density at radius 3 is 3.00 bits per heavy atom. The average Bonchev–Trinajstić information content (AvgIpc) is 2.90. The lowest BCUT2D eigenvalue weighted by molar-refractivity contribution is -0.135. The van der Waals surface area contributed by atoms with Crippen LogP contribution in [0.3, 0.4) is 0 Å². The van der Waals surface area contributed by atoms with Crippen LogP contribution in [0.4, 0.5) is 5.95 Å². The predicted octanol–water partition coefficient (Wildman–Crippen LogP) is 1.45. The lowest BCUT2D eigenvalue weighted by atomic mass is 9.90. The summed E-state index contributed by atoms with van der Waals surface area (Å²) in [4.78, 5) is 21.7. The highest BCUT2D eigenvalue weighted by molar-refractivity contribution is 5.73. The van der Waals surface area contributed by atoms with Crippen LogP contribution in [0.1, 0.15) is 32.6 Å². The van der Waals surface area contributed by atoms with Gasteiger partial charge in [0, 0.05) is 39.0 Å². The molecule has 3 heterocycles. The maximum atomic E-state index is 11.5. The molecule has 2 fully saturated rings. The number of carbonyl (C=O) groups excluding carboxylic acids is 1. The number of nitrogens with one attached hydrogen (secondary N) is 1. The summed E-state index contributed by atoms with van der Waals surface area (Å²) in [6.45, 7) is 3.90. The van der Waals surface area contributed by atoms with Crippen molar-refractivity contribution in [1.29, 1.82) is 0 Å². The van der Waals surface area contributed by atoms with Gasteiger partial charge in [-0.05, 0) is 31.7 Å². The van der Waals surface area contributed by atoms with Gasteiger partial charge >= 0.3 is 0 Å². The van der Waals surface area contributed by atoms with E-state index in [1.165, 1.54) is 0 Å². The first-order valence-corrected chi connectivity index (χ1v) is 7.61. The van der Waals surface area contributed by atoms with Gasteiger partial charge in [0.15, 0.2) is 0 Å². The Bertz CT molecular complexity index is 496. The van der Waals surface area contributed by atoms with E-state index in [4.69, 9.17) is 4.74 Å². The second-order valence-corrected chi connectivity index (χ2v) is 5.96. The molecule has 2 aliphatic rings. The average molecular weight is 290 g/mol. The number of hydrogen-bond acceptors (Lipinski definition) is 5. The number of amides is 1. The quantitative estimate of drug-likeness (QED) is 0.912. The Labute approximate surface area is 124 Å². The maximum absolute atomic E-state index is 11.5. The fraction of sp³-hybridized carbons (Fsp3) is 0.667. The van der Waals surface area contributed by atoms with Gasteiger partial charge in [-0.3, -0.25) is 4.79 Å². The molecular formula is C15H22N4O2. The minimum Gasteiger partial charge on any atom is -0.368 e. The standard InChI is InChI=1S/C15H22N4O2/c1-12(20)19-9-6-15(11-19)5-2-4-13(21-15)10-18-14-16-7-3-8-17-14/h3,7-8,13H,2,4-6,9-11H2,1H3,(H,16,17,18)/t13-,15-/m1/s1. The van der Waals surface area contributed by atoms with Crippen LogP contribution in [-0.4, -0.2) is 52.1 Å². The second kappa shape index (κ2) is 5.97. The van der Waals surface area contributed by atoms with E-state index in [-0.39, 0.29) is 17.6 Å². The Morgan fingerprint density at radius 1 is 1.48 bits per heavy atom. The van der Waals surface area contributed by atoms with E-state index in [9.17, 15) is 4.79 Å². The van der Waals surface area contributed by atoms with Crippen LogP contribution >= 0.6 is 0 Å². The predicted molar refractivity (Wildman–Crippen MR) is 78.8 cm³/mol. The van der Waals surface area contributed by atoms with Gasteiger partial charge in [-0.25, -0.2) is 9.97 Å². The highest BCUT2D eigenvalue weighted by Crippen LogP contribution is 2.36. The maximum Gasteiger partial charge on any atom is 0.222 e. The summed E-state index contributed by atoms with van der Waals surface area (Å²) in [6.07, 6.45) is 7.80. The second-order valence-electron chi connectivity index (χ2n) is 5.96. The van der Waals surface area contributed by atoms with Gasteiger partial charge in [-0.1, -0.05) is 0 Å². The zero-order chi connectivity index (χ0) is 14.7. The van der Waals surface area contributed by atoms with Crippen molar-refractivity contribution in [3.63, 3.8) is 0 Å². The molecular weight excluding hydrogens is 268 g/mol. The minimum atomic E-state index is -0.131. The van der Waals surface area contributed by atoms with Gasteiger partial charge in [0.2, 0.25) is 11.9 Å². The Morgan fingerprint density at radius 2 is 2.29 bits per heavy atom. The van der Waals surface area contributed by atoms with Crippen molar-refractivity contribution in [2.24, 2.45) is 0 Å². The molecule has 1 N–H and O–H groups in total. The third-order valence-corrected chi connectivity index (χ3v) is 4.39. The summed E-state index contributed by atoms with van der Waals surface area (Å²) in [5, 5.41) is 3.23. The fourth-order valence-corrected chi connectivity index (χ4v) is 3.28. The molecule has 0 aromatic carbocycles. The molecule has 0 saturated carbocycles. The SMILES string of the molecule is CC(=O)N1CC[C@]2(CCC[C@H](CNc3ncccn3)O2)C1. The van der Waals surface area contributed by atoms with Gasteiger partial charge < -0.3 is 15.0 Å². The smallest absolute Gasteiger partial charge is 0.222 e. The monoisotopic (exact) mass is 290 g/mol. The minimum absolute atomic E-state index is 0.131. The molecule has 6 nitrogen and oxygen atoms in total. The van der Waals surface area contributed by atoms with Crippen molar-refractivity contribution in [3.8, 4) is 0 Å². The van der Waals surface area contributed by atoms with Gasteiger partial charge in [-0.2, -0.15) is 0 Å². The van der Waals surface area contributed by atoms with E-state index in [2.05, 4.69) is 15.3 Å². The van der Waals surface area contributed by atoms with Gasteiger partial charge in [0.1, 0.15) is 0 Å².